The van der Waals surface area contributed by atoms with Gasteiger partial charge in [-0.3, -0.25) is 9.59 Å². The topological polar surface area (TPSA) is 66.4 Å². The number of halogens is 1. The molecule has 1 amide bonds. The van der Waals surface area contributed by atoms with Gasteiger partial charge in [0.25, 0.3) is 0 Å². The van der Waals surface area contributed by atoms with Crippen molar-refractivity contribution in [1.29, 1.82) is 0 Å². The average Bonchev–Trinajstić information content (AvgIpc) is 2.33. The fraction of sp³-hybridized carbons (Fsp3) is 0.467. The van der Waals surface area contributed by atoms with E-state index in [1.54, 1.807) is 32.9 Å². The Bertz CT molecular complexity index is 528. The first kappa shape index (κ1) is 16.1. The molecule has 0 spiro atoms. The number of hydrogen-bond acceptors (Lipinski definition) is 2. The van der Waals surface area contributed by atoms with Crippen molar-refractivity contribution in [1.82, 2.24) is 0 Å². The van der Waals surface area contributed by atoms with E-state index >= 15 is 0 Å². The molecule has 2 N–H and O–H groups in total. The van der Waals surface area contributed by atoms with Crippen LogP contribution in [-0.4, -0.2) is 17.0 Å². The van der Waals surface area contributed by atoms with Gasteiger partial charge < -0.3 is 10.4 Å². The van der Waals surface area contributed by atoms with Crippen LogP contribution in [0.25, 0.3) is 0 Å². The van der Waals surface area contributed by atoms with E-state index in [2.05, 4.69) is 5.32 Å². The minimum atomic E-state index is -1.15. The van der Waals surface area contributed by atoms with E-state index in [9.17, 15) is 19.1 Å². The van der Waals surface area contributed by atoms with Crippen LogP contribution < -0.4 is 5.32 Å². The molecule has 0 aromatic heterocycles. The summed E-state index contributed by atoms with van der Waals surface area (Å²) in [5.41, 5.74) is -0.331. The van der Waals surface area contributed by atoms with Crippen LogP contribution >= 0.6 is 0 Å². The number of carbonyl (C=O) groups is 2. The van der Waals surface area contributed by atoms with Gasteiger partial charge in [-0.05, 0) is 37.5 Å². The van der Waals surface area contributed by atoms with Crippen molar-refractivity contribution >= 4 is 17.6 Å². The number of rotatable bonds is 5. The van der Waals surface area contributed by atoms with Crippen LogP contribution in [0.1, 0.15) is 32.8 Å². The van der Waals surface area contributed by atoms with Crippen LogP contribution in [0.2, 0.25) is 0 Å². The number of carbonyl (C=O) groups excluding carboxylic acids is 1. The van der Waals surface area contributed by atoms with Crippen molar-refractivity contribution in [2.24, 2.45) is 11.3 Å². The fourth-order valence-electron chi connectivity index (χ4n) is 1.74. The van der Waals surface area contributed by atoms with Gasteiger partial charge in [0.05, 0.1) is 5.41 Å². The monoisotopic (exact) mass is 281 g/mol. The molecule has 1 atom stereocenters. The first-order valence-corrected chi connectivity index (χ1v) is 6.46. The van der Waals surface area contributed by atoms with E-state index in [0.29, 0.717) is 11.3 Å². The lowest BCUT2D eigenvalue weighted by atomic mass is 9.76. The summed E-state index contributed by atoms with van der Waals surface area (Å²) >= 11 is 0. The van der Waals surface area contributed by atoms with Gasteiger partial charge in [-0.2, -0.15) is 0 Å². The van der Waals surface area contributed by atoms with Crippen LogP contribution in [0.4, 0.5) is 10.1 Å². The van der Waals surface area contributed by atoms with Crippen molar-refractivity contribution in [2.75, 3.05) is 5.32 Å². The standard InChI is InChI=1S/C15H20FNO3/c1-9(2)15(4,14(19)20)8-13(18)17-11-6-5-10(3)12(16)7-11/h5-7,9H,8H2,1-4H3,(H,17,18)(H,19,20). The third-order valence-corrected chi connectivity index (χ3v) is 3.75. The van der Waals surface area contributed by atoms with Crippen molar-refractivity contribution in [3.05, 3.63) is 29.6 Å². The maximum Gasteiger partial charge on any atom is 0.310 e. The number of aryl methyl sites for hydroxylation is 1. The maximum atomic E-state index is 13.4. The lowest BCUT2D eigenvalue weighted by Crippen LogP contribution is -2.37. The van der Waals surface area contributed by atoms with Crippen LogP contribution in [0, 0.1) is 24.1 Å². The molecule has 0 bridgehead atoms. The minimum Gasteiger partial charge on any atom is -0.481 e. The molecular weight excluding hydrogens is 261 g/mol. The summed E-state index contributed by atoms with van der Waals surface area (Å²) in [5, 5.41) is 11.8. The first-order chi connectivity index (χ1) is 9.16. The van der Waals surface area contributed by atoms with Gasteiger partial charge in [0.2, 0.25) is 5.91 Å². The zero-order chi connectivity index (χ0) is 15.5. The molecule has 110 valence electrons. The van der Waals surface area contributed by atoms with Crippen molar-refractivity contribution in [3.8, 4) is 0 Å². The highest BCUT2D eigenvalue weighted by Crippen LogP contribution is 2.31. The molecule has 20 heavy (non-hydrogen) atoms. The van der Waals surface area contributed by atoms with Gasteiger partial charge in [0.1, 0.15) is 5.82 Å². The molecular formula is C15H20FNO3. The molecule has 0 radical (unpaired) electrons. The van der Waals surface area contributed by atoms with Crippen LogP contribution in [0.5, 0.6) is 0 Å². The van der Waals surface area contributed by atoms with Gasteiger partial charge in [0, 0.05) is 12.1 Å². The Morgan fingerprint density at radius 3 is 2.45 bits per heavy atom. The molecule has 0 fully saturated rings. The largest absolute Gasteiger partial charge is 0.481 e. The Balaban J connectivity index is 2.81. The van der Waals surface area contributed by atoms with Gasteiger partial charge in [-0.25, -0.2) is 4.39 Å². The number of nitrogens with one attached hydrogen (secondary N) is 1. The first-order valence-electron chi connectivity index (χ1n) is 6.46. The lowest BCUT2D eigenvalue weighted by molar-refractivity contribution is -0.153. The number of aliphatic carboxylic acids is 1. The number of anilines is 1. The molecule has 1 aromatic rings. The highest BCUT2D eigenvalue weighted by Gasteiger charge is 2.38. The van der Waals surface area contributed by atoms with Crippen LogP contribution in [-0.2, 0) is 9.59 Å². The molecule has 0 heterocycles. The molecule has 0 saturated carbocycles. The fourth-order valence-corrected chi connectivity index (χ4v) is 1.74. The number of carboxylic acid groups (broad SMARTS) is 1. The molecule has 4 nitrogen and oxygen atoms in total. The van der Waals surface area contributed by atoms with Crippen molar-refractivity contribution in [2.45, 2.75) is 34.1 Å². The number of benzene rings is 1. The van der Waals surface area contributed by atoms with Gasteiger partial charge in [-0.1, -0.05) is 19.9 Å². The third kappa shape index (κ3) is 3.56. The predicted octanol–water partition coefficient (Wildman–Crippen LogP) is 3.21. The zero-order valence-electron chi connectivity index (χ0n) is 12.2. The average molecular weight is 281 g/mol. The third-order valence-electron chi connectivity index (χ3n) is 3.75. The summed E-state index contributed by atoms with van der Waals surface area (Å²) in [7, 11) is 0. The quantitative estimate of drug-likeness (QED) is 0.871. The number of amides is 1. The van der Waals surface area contributed by atoms with E-state index in [-0.39, 0.29) is 12.3 Å². The summed E-state index contributed by atoms with van der Waals surface area (Å²) < 4.78 is 13.4. The molecule has 0 aliphatic rings. The second-order valence-corrected chi connectivity index (χ2v) is 5.57. The number of hydrogen-bond donors (Lipinski definition) is 2. The van der Waals surface area contributed by atoms with E-state index < -0.39 is 23.1 Å². The summed E-state index contributed by atoms with van der Waals surface area (Å²) in [4.78, 5) is 23.2. The lowest BCUT2D eigenvalue weighted by Gasteiger charge is -2.28. The summed E-state index contributed by atoms with van der Waals surface area (Å²) in [6.45, 7) is 6.68. The summed E-state index contributed by atoms with van der Waals surface area (Å²) in [6.07, 6.45) is -0.157. The smallest absolute Gasteiger partial charge is 0.310 e. The Morgan fingerprint density at radius 1 is 1.40 bits per heavy atom. The second-order valence-electron chi connectivity index (χ2n) is 5.57. The molecule has 5 heteroatoms. The highest BCUT2D eigenvalue weighted by atomic mass is 19.1. The van der Waals surface area contributed by atoms with Crippen molar-refractivity contribution < 1.29 is 19.1 Å². The van der Waals surface area contributed by atoms with Gasteiger partial charge in [0.15, 0.2) is 0 Å². The van der Waals surface area contributed by atoms with E-state index in [1.165, 1.54) is 13.0 Å². The second kappa shape index (κ2) is 6.03. The Morgan fingerprint density at radius 2 is 2.00 bits per heavy atom. The highest BCUT2D eigenvalue weighted by molar-refractivity contribution is 5.94. The molecule has 0 aliphatic carbocycles. The molecule has 0 saturated heterocycles. The summed E-state index contributed by atoms with van der Waals surface area (Å²) in [5.74, 6) is -2.06. The zero-order valence-corrected chi connectivity index (χ0v) is 12.2. The SMILES string of the molecule is Cc1ccc(NC(=O)CC(C)(C(=O)O)C(C)C)cc1F. The van der Waals surface area contributed by atoms with Crippen LogP contribution in [0.15, 0.2) is 18.2 Å². The molecule has 1 unspecified atom stereocenters. The predicted molar refractivity (Wildman–Crippen MR) is 75.0 cm³/mol. The Kier molecular flexibility index (Phi) is 4.87. The van der Waals surface area contributed by atoms with Gasteiger partial charge >= 0.3 is 5.97 Å². The van der Waals surface area contributed by atoms with E-state index in [0.717, 1.165) is 0 Å². The van der Waals surface area contributed by atoms with Gasteiger partial charge in [-0.15, -0.1) is 0 Å². The molecule has 0 aliphatic heterocycles. The normalized spacial score (nSPS) is 13.9. The molecule has 1 rings (SSSR count). The summed E-state index contributed by atoms with van der Waals surface area (Å²) in [6, 6.07) is 4.37. The minimum absolute atomic E-state index is 0.157. The van der Waals surface area contributed by atoms with Crippen LogP contribution in [0.3, 0.4) is 0 Å². The number of carboxylic acids is 1. The van der Waals surface area contributed by atoms with E-state index in [1.807, 2.05) is 0 Å². The molecule has 1 aromatic carbocycles. The Labute approximate surface area is 118 Å². The Hall–Kier alpha value is -1.91. The van der Waals surface area contributed by atoms with Crippen molar-refractivity contribution in [3.63, 3.8) is 0 Å². The van der Waals surface area contributed by atoms with E-state index in [4.69, 9.17) is 0 Å². The maximum absolute atomic E-state index is 13.4.